The third-order valence-electron chi connectivity index (χ3n) is 3.11. The summed E-state index contributed by atoms with van der Waals surface area (Å²) in [7, 11) is 1.91. The largest absolute Gasteiger partial charge is 0.447 e. The van der Waals surface area contributed by atoms with Crippen LogP contribution in [0.5, 0.6) is 0 Å². The van der Waals surface area contributed by atoms with Crippen LogP contribution in [0.1, 0.15) is 12.0 Å². The van der Waals surface area contributed by atoms with Crippen LogP contribution in [0.25, 0.3) is 0 Å². The predicted octanol–water partition coefficient (Wildman–Crippen LogP) is 2.69. The van der Waals surface area contributed by atoms with Crippen LogP contribution in [-0.2, 0) is 4.74 Å². The molecule has 0 bridgehead atoms. The van der Waals surface area contributed by atoms with Gasteiger partial charge in [-0.25, -0.2) is 4.79 Å². The highest BCUT2D eigenvalue weighted by Gasteiger charge is 2.34. The number of carbonyl (C=O) groups excluding carboxylic acids is 1. The van der Waals surface area contributed by atoms with Crippen molar-refractivity contribution in [3.8, 4) is 0 Å². The number of ether oxygens (including phenoxy) is 1. The van der Waals surface area contributed by atoms with Crippen LogP contribution in [0.2, 0.25) is 0 Å². The second-order valence-electron chi connectivity index (χ2n) is 4.42. The molecule has 1 atom stereocenters. The topological polar surface area (TPSA) is 41.6 Å². The molecule has 0 radical (unpaired) electrons. The first kappa shape index (κ1) is 13.4. The van der Waals surface area contributed by atoms with Crippen molar-refractivity contribution in [1.29, 1.82) is 0 Å². The lowest BCUT2D eigenvalue weighted by Crippen LogP contribution is -2.35. The number of halogens is 1. The van der Waals surface area contributed by atoms with Gasteiger partial charge in [-0.2, -0.15) is 0 Å². The molecule has 1 fully saturated rings. The van der Waals surface area contributed by atoms with Crippen molar-refractivity contribution < 1.29 is 9.53 Å². The number of amides is 1. The van der Waals surface area contributed by atoms with E-state index >= 15 is 0 Å². The zero-order chi connectivity index (χ0) is 13.1. The molecule has 1 N–H and O–H groups in total. The number of rotatable bonds is 4. The monoisotopic (exact) mass is 312 g/mol. The lowest BCUT2D eigenvalue weighted by atomic mass is 10.1. The third kappa shape index (κ3) is 2.67. The normalized spacial score (nSPS) is 19.2. The van der Waals surface area contributed by atoms with Crippen molar-refractivity contribution in [2.24, 2.45) is 0 Å². The lowest BCUT2D eigenvalue weighted by molar-refractivity contribution is 0.178. The van der Waals surface area contributed by atoms with Gasteiger partial charge in [0.1, 0.15) is 6.61 Å². The van der Waals surface area contributed by atoms with E-state index in [1.165, 1.54) is 0 Å². The summed E-state index contributed by atoms with van der Waals surface area (Å²) in [6, 6.07) is 6.03. The van der Waals surface area contributed by atoms with Gasteiger partial charge in [-0.05, 0) is 50.7 Å². The van der Waals surface area contributed by atoms with E-state index in [9.17, 15) is 4.79 Å². The van der Waals surface area contributed by atoms with Gasteiger partial charge < -0.3 is 10.1 Å². The molecule has 0 spiro atoms. The number of anilines is 1. The molecule has 0 aliphatic carbocycles. The molecule has 1 aliphatic rings. The molecule has 1 saturated heterocycles. The maximum Gasteiger partial charge on any atom is 0.414 e. The smallest absolute Gasteiger partial charge is 0.414 e. The van der Waals surface area contributed by atoms with Gasteiger partial charge in [0, 0.05) is 4.47 Å². The van der Waals surface area contributed by atoms with Gasteiger partial charge in [0.15, 0.2) is 0 Å². The Labute approximate surface area is 115 Å². The van der Waals surface area contributed by atoms with Gasteiger partial charge in [-0.15, -0.1) is 0 Å². The number of hydrogen-bond acceptors (Lipinski definition) is 3. The molecular weight excluding hydrogens is 296 g/mol. The predicted molar refractivity (Wildman–Crippen MR) is 75.0 cm³/mol. The van der Waals surface area contributed by atoms with Gasteiger partial charge in [-0.1, -0.05) is 15.9 Å². The van der Waals surface area contributed by atoms with E-state index in [1.807, 2.05) is 32.2 Å². The van der Waals surface area contributed by atoms with Crippen molar-refractivity contribution in [3.63, 3.8) is 0 Å². The summed E-state index contributed by atoms with van der Waals surface area (Å²) in [6.45, 7) is 3.34. The molecule has 1 heterocycles. The number of cyclic esters (lactones) is 1. The van der Waals surface area contributed by atoms with E-state index in [-0.39, 0.29) is 12.1 Å². The number of nitrogens with zero attached hydrogens (tertiary/aromatic N) is 1. The first-order chi connectivity index (χ1) is 8.63. The SMILES string of the molecule is CNCCC1COC(=O)N1c1ccc(Br)cc1C. The minimum Gasteiger partial charge on any atom is -0.447 e. The first-order valence-corrected chi connectivity index (χ1v) is 6.79. The van der Waals surface area contributed by atoms with Gasteiger partial charge in [-0.3, -0.25) is 4.90 Å². The number of hydrogen-bond donors (Lipinski definition) is 1. The Balaban J connectivity index is 2.25. The van der Waals surface area contributed by atoms with Crippen molar-refractivity contribution in [3.05, 3.63) is 28.2 Å². The van der Waals surface area contributed by atoms with Crippen LogP contribution < -0.4 is 10.2 Å². The highest BCUT2D eigenvalue weighted by atomic mass is 79.9. The Hall–Kier alpha value is -1.07. The third-order valence-corrected chi connectivity index (χ3v) is 3.60. The molecule has 1 aromatic rings. The number of aryl methyl sites for hydroxylation is 1. The summed E-state index contributed by atoms with van der Waals surface area (Å²) in [6.07, 6.45) is 0.638. The Morgan fingerprint density at radius 2 is 2.33 bits per heavy atom. The van der Waals surface area contributed by atoms with E-state index in [4.69, 9.17) is 4.74 Å². The average molecular weight is 313 g/mol. The van der Waals surface area contributed by atoms with Crippen LogP contribution in [0.15, 0.2) is 22.7 Å². The zero-order valence-corrected chi connectivity index (χ0v) is 12.2. The molecule has 2 rings (SSSR count). The summed E-state index contributed by atoms with van der Waals surface area (Å²) in [5, 5.41) is 3.10. The zero-order valence-electron chi connectivity index (χ0n) is 10.6. The molecule has 1 aliphatic heterocycles. The minimum atomic E-state index is -0.249. The maximum atomic E-state index is 11.9. The quantitative estimate of drug-likeness (QED) is 0.929. The molecule has 1 amide bonds. The Kier molecular flexibility index (Phi) is 4.24. The summed E-state index contributed by atoms with van der Waals surface area (Å²) in [5.74, 6) is 0. The standard InChI is InChI=1S/C13H17BrN2O2/c1-9-7-10(14)3-4-12(9)16-11(5-6-15-2)8-18-13(16)17/h3-4,7,11,15H,5-6,8H2,1-2H3. The van der Waals surface area contributed by atoms with Crippen LogP contribution in [0.4, 0.5) is 10.5 Å². The average Bonchev–Trinajstić information content (AvgIpc) is 2.68. The molecule has 1 aromatic carbocycles. The van der Waals surface area contributed by atoms with Gasteiger partial charge in [0.2, 0.25) is 0 Å². The van der Waals surface area contributed by atoms with Crippen molar-refractivity contribution >= 4 is 27.7 Å². The van der Waals surface area contributed by atoms with E-state index in [2.05, 4.69) is 21.2 Å². The molecule has 0 aromatic heterocycles. The van der Waals surface area contributed by atoms with Crippen LogP contribution in [0.3, 0.4) is 0 Å². The van der Waals surface area contributed by atoms with E-state index in [0.29, 0.717) is 6.61 Å². The molecule has 4 nitrogen and oxygen atoms in total. The summed E-state index contributed by atoms with van der Waals surface area (Å²) < 4.78 is 6.18. The van der Waals surface area contributed by atoms with E-state index in [0.717, 1.165) is 28.7 Å². The first-order valence-electron chi connectivity index (χ1n) is 6.00. The van der Waals surface area contributed by atoms with Crippen LogP contribution in [-0.4, -0.2) is 32.3 Å². The molecular formula is C13H17BrN2O2. The Bertz CT molecular complexity index is 451. The fraction of sp³-hybridized carbons (Fsp3) is 0.462. The maximum absolute atomic E-state index is 11.9. The molecule has 18 heavy (non-hydrogen) atoms. The fourth-order valence-corrected chi connectivity index (χ4v) is 2.64. The molecule has 5 heteroatoms. The Morgan fingerprint density at radius 1 is 1.56 bits per heavy atom. The van der Waals surface area contributed by atoms with Crippen molar-refractivity contribution in [2.45, 2.75) is 19.4 Å². The minimum absolute atomic E-state index is 0.116. The number of nitrogens with one attached hydrogen (secondary N) is 1. The molecule has 98 valence electrons. The van der Waals surface area contributed by atoms with Gasteiger partial charge in [0.25, 0.3) is 0 Å². The second-order valence-corrected chi connectivity index (χ2v) is 5.34. The highest BCUT2D eigenvalue weighted by Crippen LogP contribution is 2.29. The van der Waals surface area contributed by atoms with Crippen molar-refractivity contribution in [1.82, 2.24) is 5.32 Å². The second kappa shape index (κ2) is 5.71. The van der Waals surface area contributed by atoms with Crippen molar-refractivity contribution in [2.75, 3.05) is 25.1 Å². The number of carbonyl (C=O) groups is 1. The van der Waals surface area contributed by atoms with Crippen LogP contribution in [0, 0.1) is 6.92 Å². The fourth-order valence-electron chi connectivity index (χ4n) is 2.17. The summed E-state index contributed by atoms with van der Waals surface area (Å²) >= 11 is 3.43. The Morgan fingerprint density at radius 3 is 3.00 bits per heavy atom. The molecule has 0 saturated carbocycles. The molecule has 1 unspecified atom stereocenters. The van der Waals surface area contributed by atoms with E-state index < -0.39 is 0 Å². The van der Waals surface area contributed by atoms with Gasteiger partial charge in [0.05, 0.1) is 11.7 Å². The van der Waals surface area contributed by atoms with E-state index in [1.54, 1.807) is 4.90 Å². The highest BCUT2D eigenvalue weighted by molar-refractivity contribution is 9.10. The summed E-state index contributed by atoms with van der Waals surface area (Å²) in [4.78, 5) is 13.6. The lowest BCUT2D eigenvalue weighted by Gasteiger charge is -2.23. The van der Waals surface area contributed by atoms with Gasteiger partial charge >= 0.3 is 6.09 Å². The summed E-state index contributed by atoms with van der Waals surface area (Å²) in [5.41, 5.74) is 2.00. The number of benzene rings is 1. The van der Waals surface area contributed by atoms with Crippen LogP contribution >= 0.6 is 15.9 Å².